The van der Waals surface area contributed by atoms with Crippen molar-refractivity contribution in [3.8, 4) is 0 Å². The first-order valence-corrected chi connectivity index (χ1v) is 4.43. The van der Waals surface area contributed by atoms with E-state index < -0.39 is 10.1 Å². The van der Waals surface area contributed by atoms with Crippen LogP contribution in [0.4, 0.5) is 0 Å². The van der Waals surface area contributed by atoms with E-state index in [0.717, 1.165) is 5.56 Å². The summed E-state index contributed by atoms with van der Waals surface area (Å²) < 4.78 is 31.2. The topological polar surface area (TPSA) is 57.2 Å². The summed E-state index contributed by atoms with van der Waals surface area (Å²) in [5, 5.41) is 0. The molecule has 3 nitrogen and oxygen atoms in total. The van der Waals surface area contributed by atoms with Gasteiger partial charge >= 0.3 is 22.4 Å². The summed E-state index contributed by atoms with van der Waals surface area (Å²) in [5.74, 6) is 0. The molecule has 0 aliphatic heterocycles. The van der Waals surface area contributed by atoms with Crippen LogP contribution >= 0.6 is 0 Å². The first-order chi connectivity index (χ1) is 5.00. The quantitative estimate of drug-likeness (QED) is 0.567. The molecule has 0 saturated carbocycles. The maximum Gasteiger partial charge on any atom is 1.00 e. The fourth-order valence-electron chi connectivity index (χ4n) is 0.705. The van der Waals surface area contributed by atoms with Crippen molar-refractivity contribution < 1.29 is 35.4 Å². The third kappa shape index (κ3) is 3.08. The summed E-state index contributed by atoms with van der Waals surface area (Å²) in [5.41, 5.74) is 0.928. The number of aryl methyl sites for hydroxylation is 1. The van der Waals surface area contributed by atoms with Crippen LogP contribution in [-0.4, -0.2) is 13.0 Å². The zero-order valence-corrected chi connectivity index (χ0v) is 8.54. The molecule has 1 rings (SSSR count). The molecule has 12 heavy (non-hydrogen) atoms. The van der Waals surface area contributed by atoms with Gasteiger partial charge in [-0.15, -0.1) is 0 Å². The Hall–Kier alpha value is -0.130. The first kappa shape index (κ1) is 11.9. The van der Waals surface area contributed by atoms with Gasteiger partial charge in [0, 0.05) is 0 Å². The van der Waals surface area contributed by atoms with Crippen LogP contribution in [0, 0.1) is 6.92 Å². The molecule has 5 heteroatoms. The second kappa shape index (κ2) is 4.20. The van der Waals surface area contributed by atoms with E-state index in [1.807, 2.05) is 6.92 Å². The molecule has 0 radical (unpaired) electrons. The van der Waals surface area contributed by atoms with Crippen molar-refractivity contribution in [1.29, 1.82) is 0 Å². The number of rotatable bonds is 1. The number of benzene rings is 1. The normalized spacial score (nSPS) is 10.5. The predicted molar refractivity (Wildman–Crippen MR) is 39.1 cm³/mol. The van der Waals surface area contributed by atoms with Crippen LogP contribution in [0.2, 0.25) is 0 Å². The Morgan fingerprint density at radius 1 is 1.17 bits per heavy atom. The molecule has 0 N–H and O–H groups in total. The van der Waals surface area contributed by atoms with Crippen LogP contribution in [0.1, 0.15) is 5.56 Å². The SMILES string of the molecule is Cc1ccc(S(=O)(=O)[O-])cc1.[Ag+]. The van der Waals surface area contributed by atoms with E-state index in [9.17, 15) is 13.0 Å². The number of hydrogen-bond donors (Lipinski definition) is 0. The zero-order chi connectivity index (χ0) is 8.48. The van der Waals surface area contributed by atoms with Gasteiger partial charge in [-0.2, -0.15) is 0 Å². The first-order valence-electron chi connectivity index (χ1n) is 3.03. The maximum atomic E-state index is 10.4. The second-order valence-electron chi connectivity index (χ2n) is 2.27. The van der Waals surface area contributed by atoms with Crippen molar-refractivity contribution in [2.45, 2.75) is 11.8 Å². The Kier molecular flexibility index (Phi) is 4.16. The van der Waals surface area contributed by atoms with E-state index >= 15 is 0 Å². The van der Waals surface area contributed by atoms with Gasteiger partial charge in [-0.3, -0.25) is 0 Å². The molecule has 0 atom stereocenters. The Balaban J connectivity index is 0.00000121. The molecule has 0 bridgehead atoms. The van der Waals surface area contributed by atoms with E-state index in [1.54, 1.807) is 12.1 Å². The fourth-order valence-corrected chi connectivity index (χ4v) is 1.17. The largest absolute Gasteiger partial charge is 1.00 e. The summed E-state index contributed by atoms with van der Waals surface area (Å²) in [6, 6.07) is 5.78. The standard InChI is InChI=1S/C7H8O3S.Ag/c1-6-2-4-7(5-3-6)11(8,9)10;/h2-5H,1H3,(H,8,9,10);/q;+1/p-1. The zero-order valence-electron chi connectivity index (χ0n) is 6.24. The van der Waals surface area contributed by atoms with Gasteiger partial charge in [0.15, 0.2) is 0 Å². The van der Waals surface area contributed by atoms with Crippen molar-refractivity contribution in [2.24, 2.45) is 0 Å². The second-order valence-corrected chi connectivity index (χ2v) is 3.65. The summed E-state index contributed by atoms with van der Waals surface area (Å²) in [6.45, 7) is 1.82. The molecule has 0 aliphatic rings. The van der Waals surface area contributed by atoms with Crippen LogP contribution in [0.3, 0.4) is 0 Å². The summed E-state index contributed by atoms with van der Waals surface area (Å²) in [6.07, 6.45) is 0. The Morgan fingerprint density at radius 2 is 1.58 bits per heavy atom. The minimum atomic E-state index is -4.27. The third-order valence-electron chi connectivity index (χ3n) is 1.31. The van der Waals surface area contributed by atoms with Gasteiger partial charge in [0.05, 0.1) is 4.90 Å². The smallest absolute Gasteiger partial charge is 0.744 e. The van der Waals surface area contributed by atoms with E-state index in [0.29, 0.717) is 0 Å². The molecule has 0 fully saturated rings. The van der Waals surface area contributed by atoms with Crippen molar-refractivity contribution in [1.82, 2.24) is 0 Å². The predicted octanol–water partition coefficient (Wildman–Crippen LogP) is 0.897. The Labute approximate surface area is 87.1 Å². The average molecular weight is 279 g/mol. The minimum absolute atomic E-state index is 0. The van der Waals surface area contributed by atoms with Crippen LogP contribution in [0.25, 0.3) is 0 Å². The monoisotopic (exact) mass is 278 g/mol. The van der Waals surface area contributed by atoms with Gasteiger partial charge in [0.2, 0.25) is 0 Å². The number of hydrogen-bond acceptors (Lipinski definition) is 3. The average Bonchev–Trinajstić information content (AvgIpc) is 1.86. The molecular weight excluding hydrogens is 272 g/mol. The van der Waals surface area contributed by atoms with Gasteiger partial charge in [-0.25, -0.2) is 8.42 Å². The van der Waals surface area contributed by atoms with E-state index in [2.05, 4.69) is 0 Å². The van der Waals surface area contributed by atoms with Gasteiger partial charge in [0.25, 0.3) is 0 Å². The molecule has 0 saturated heterocycles. The summed E-state index contributed by atoms with van der Waals surface area (Å²) in [4.78, 5) is -0.178. The Bertz CT molecular complexity index is 341. The molecule has 1 aromatic rings. The molecular formula is C7H7AgO3S. The van der Waals surface area contributed by atoms with E-state index in [1.165, 1.54) is 12.1 Å². The van der Waals surface area contributed by atoms with Crippen LogP contribution < -0.4 is 0 Å². The summed E-state index contributed by atoms with van der Waals surface area (Å²) >= 11 is 0. The van der Waals surface area contributed by atoms with Gasteiger partial charge in [-0.1, -0.05) is 17.7 Å². The molecule has 0 aliphatic carbocycles. The molecule has 0 unspecified atom stereocenters. The van der Waals surface area contributed by atoms with E-state index in [-0.39, 0.29) is 27.3 Å². The van der Waals surface area contributed by atoms with Crippen LogP contribution in [0.15, 0.2) is 29.2 Å². The van der Waals surface area contributed by atoms with Crippen molar-refractivity contribution in [3.63, 3.8) is 0 Å². The Morgan fingerprint density at radius 3 is 1.92 bits per heavy atom. The van der Waals surface area contributed by atoms with Gasteiger partial charge < -0.3 is 4.55 Å². The molecule has 0 heterocycles. The molecule has 0 aromatic heterocycles. The molecule has 70 valence electrons. The van der Waals surface area contributed by atoms with Crippen molar-refractivity contribution in [2.75, 3.05) is 0 Å². The van der Waals surface area contributed by atoms with Crippen LogP contribution in [0.5, 0.6) is 0 Å². The van der Waals surface area contributed by atoms with Crippen molar-refractivity contribution in [3.05, 3.63) is 29.8 Å². The molecule has 0 amide bonds. The van der Waals surface area contributed by atoms with Crippen LogP contribution in [-0.2, 0) is 32.5 Å². The maximum absolute atomic E-state index is 10.4. The molecule has 1 aromatic carbocycles. The van der Waals surface area contributed by atoms with Gasteiger partial charge in [-0.05, 0) is 19.1 Å². The summed E-state index contributed by atoms with van der Waals surface area (Å²) in [7, 11) is -4.27. The minimum Gasteiger partial charge on any atom is -0.744 e. The van der Waals surface area contributed by atoms with Crippen molar-refractivity contribution >= 4 is 10.1 Å². The molecule has 0 spiro atoms. The fraction of sp³-hybridized carbons (Fsp3) is 0.143. The van der Waals surface area contributed by atoms with Gasteiger partial charge in [0.1, 0.15) is 10.1 Å². The third-order valence-corrected chi connectivity index (χ3v) is 2.16. The van der Waals surface area contributed by atoms with E-state index in [4.69, 9.17) is 0 Å².